The van der Waals surface area contributed by atoms with Crippen LogP contribution in [0.2, 0.25) is 0 Å². The highest BCUT2D eigenvalue weighted by Gasteiger charge is 2.48. The minimum Gasteiger partial charge on any atom is -0.394 e. The number of aromatic nitrogens is 3. The van der Waals surface area contributed by atoms with Crippen molar-refractivity contribution < 1.29 is 24.8 Å². The molecule has 2 aliphatic rings. The molecule has 1 aromatic heterocycles. The Bertz CT molecular complexity index is 411. The smallest absolute Gasteiger partial charge is 0.181 e. The molecule has 0 unspecified atom stereocenters. The summed E-state index contributed by atoms with van der Waals surface area (Å²) in [5.74, 6) is 0. The summed E-state index contributed by atoms with van der Waals surface area (Å²) in [7, 11) is 0. The predicted octanol–water partition coefficient (Wildman–Crippen LogP) is -2.21. The molecule has 0 aliphatic carbocycles. The van der Waals surface area contributed by atoms with Gasteiger partial charge >= 0.3 is 0 Å². The normalized spacial score (nSPS) is 40.8. The van der Waals surface area contributed by atoms with Crippen molar-refractivity contribution in [3.63, 3.8) is 0 Å². The first-order chi connectivity index (χ1) is 8.22. The summed E-state index contributed by atoms with van der Waals surface area (Å²) in [5, 5.41) is 36.3. The average molecular weight is 243 g/mol. The van der Waals surface area contributed by atoms with E-state index in [-0.39, 0.29) is 13.2 Å². The van der Waals surface area contributed by atoms with Crippen LogP contribution in [-0.4, -0.2) is 61.3 Å². The van der Waals surface area contributed by atoms with Gasteiger partial charge in [-0.2, -0.15) is 0 Å². The van der Waals surface area contributed by atoms with Gasteiger partial charge in [0.1, 0.15) is 24.4 Å². The summed E-state index contributed by atoms with van der Waals surface area (Å²) >= 11 is 0. The molecule has 94 valence electrons. The van der Waals surface area contributed by atoms with Gasteiger partial charge in [-0.1, -0.05) is 5.21 Å². The predicted molar refractivity (Wildman–Crippen MR) is 51.6 cm³/mol. The third-order valence-corrected chi connectivity index (χ3v) is 3.16. The molecule has 3 N–H and O–H groups in total. The maximum absolute atomic E-state index is 9.91. The number of fused-ring (bicyclic) bond motifs is 3. The van der Waals surface area contributed by atoms with Crippen LogP contribution in [0.25, 0.3) is 0 Å². The number of aliphatic hydroxyl groups is 3. The highest BCUT2D eigenvalue weighted by molar-refractivity contribution is 5.01. The highest BCUT2D eigenvalue weighted by Crippen LogP contribution is 2.34. The van der Waals surface area contributed by atoms with E-state index < -0.39 is 30.6 Å². The van der Waals surface area contributed by atoms with Crippen LogP contribution in [0, 0.1) is 0 Å². The molecule has 0 amide bonds. The first kappa shape index (κ1) is 11.1. The van der Waals surface area contributed by atoms with E-state index in [9.17, 15) is 10.2 Å². The zero-order valence-electron chi connectivity index (χ0n) is 8.88. The Morgan fingerprint density at radius 1 is 1.41 bits per heavy atom. The fourth-order valence-corrected chi connectivity index (χ4v) is 2.21. The topological polar surface area (TPSA) is 110 Å². The monoisotopic (exact) mass is 243 g/mol. The van der Waals surface area contributed by atoms with Crippen LogP contribution in [-0.2, 0) is 16.1 Å². The highest BCUT2D eigenvalue weighted by atomic mass is 16.6. The lowest BCUT2D eigenvalue weighted by atomic mass is 9.97. The number of ether oxygens (including phenoxy) is 2. The lowest BCUT2D eigenvalue weighted by molar-refractivity contribution is -0.278. The van der Waals surface area contributed by atoms with Gasteiger partial charge in [-0.3, -0.25) is 0 Å². The Balaban J connectivity index is 1.93. The minimum atomic E-state index is -1.17. The van der Waals surface area contributed by atoms with Crippen LogP contribution in [0.3, 0.4) is 0 Å². The van der Waals surface area contributed by atoms with E-state index in [1.54, 1.807) is 6.20 Å². The second-order valence-corrected chi connectivity index (χ2v) is 4.17. The van der Waals surface area contributed by atoms with E-state index in [1.165, 1.54) is 4.68 Å². The van der Waals surface area contributed by atoms with Crippen LogP contribution in [0.1, 0.15) is 11.9 Å². The van der Waals surface area contributed by atoms with Crippen molar-refractivity contribution in [2.75, 3.05) is 6.61 Å². The molecule has 3 heterocycles. The van der Waals surface area contributed by atoms with Crippen molar-refractivity contribution in [2.24, 2.45) is 0 Å². The maximum Gasteiger partial charge on any atom is 0.181 e. The van der Waals surface area contributed by atoms with Crippen molar-refractivity contribution in [1.29, 1.82) is 0 Å². The molecular weight excluding hydrogens is 230 g/mol. The van der Waals surface area contributed by atoms with Gasteiger partial charge in [0.2, 0.25) is 0 Å². The van der Waals surface area contributed by atoms with Gasteiger partial charge in [0.25, 0.3) is 0 Å². The number of hydrogen-bond acceptors (Lipinski definition) is 7. The van der Waals surface area contributed by atoms with Gasteiger partial charge in [0.15, 0.2) is 6.23 Å². The van der Waals surface area contributed by atoms with Crippen molar-refractivity contribution in [1.82, 2.24) is 15.0 Å². The second-order valence-electron chi connectivity index (χ2n) is 4.17. The van der Waals surface area contributed by atoms with Crippen molar-refractivity contribution in [3.8, 4) is 0 Å². The van der Waals surface area contributed by atoms with E-state index in [0.717, 1.165) is 5.69 Å². The quantitative estimate of drug-likeness (QED) is 0.513. The Morgan fingerprint density at radius 3 is 3.00 bits per heavy atom. The lowest BCUT2D eigenvalue weighted by Crippen LogP contribution is -2.58. The van der Waals surface area contributed by atoms with Crippen LogP contribution in [0.15, 0.2) is 6.20 Å². The zero-order valence-corrected chi connectivity index (χ0v) is 8.88. The van der Waals surface area contributed by atoms with Gasteiger partial charge in [-0.05, 0) is 0 Å². The maximum atomic E-state index is 9.91. The molecular formula is C9H13N3O5. The largest absolute Gasteiger partial charge is 0.394 e. The number of rotatable bonds is 1. The molecule has 17 heavy (non-hydrogen) atoms. The molecule has 0 saturated carbocycles. The van der Waals surface area contributed by atoms with Crippen molar-refractivity contribution in [3.05, 3.63) is 11.9 Å². The number of nitrogens with zero attached hydrogens (tertiary/aromatic N) is 3. The summed E-state index contributed by atoms with van der Waals surface area (Å²) in [5.41, 5.74) is 0.728. The molecule has 8 nitrogen and oxygen atoms in total. The van der Waals surface area contributed by atoms with E-state index >= 15 is 0 Å². The fourth-order valence-electron chi connectivity index (χ4n) is 2.21. The van der Waals surface area contributed by atoms with Gasteiger partial charge < -0.3 is 24.8 Å². The number of hydrogen-bond donors (Lipinski definition) is 3. The fraction of sp³-hybridized carbons (Fsp3) is 0.778. The molecule has 0 spiro atoms. The molecule has 1 aromatic rings. The summed E-state index contributed by atoms with van der Waals surface area (Å²) in [6.45, 7) is -0.128. The third-order valence-electron chi connectivity index (χ3n) is 3.16. The van der Waals surface area contributed by atoms with Crippen LogP contribution in [0.5, 0.6) is 0 Å². The van der Waals surface area contributed by atoms with Crippen molar-refractivity contribution >= 4 is 0 Å². The molecule has 0 radical (unpaired) electrons. The van der Waals surface area contributed by atoms with E-state index in [2.05, 4.69) is 10.3 Å². The molecule has 8 heteroatoms. The average Bonchev–Trinajstić information content (AvgIpc) is 2.81. The zero-order chi connectivity index (χ0) is 12.0. The molecule has 1 saturated heterocycles. The second kappa shape index (κ2) is 4.00. The molecule has 1 fully saturated rings. The molecule has 3 rings (SSSR count). The molecule has 5 atom stereocenters. The lowest BCUT2D eigenvalue weighted by Gasteiger charge is -2.44. The molecule has 0 aromatic carbocycles. The summed E-state index contributed by atoms with van der Waals surface area (Å²) in [6, 6.07) is 0. The van der Waals surface area contributed by atoms with Crippen LogP contribution < -0.4 is 0 Å². The standard InChI is InChI=1S/C9H13N3O5/c13-2-5-6(14)7(15)8-9(17-5)12-4(3-16-8)1-10-11-12/h1,5-9,13-15H,2-3H2/t5-,6+,7+,8-,9-/m1/s1. The van der Waals surface area contributed by atoms with Crippen LogP contribution in [0.4, 0.5) is 0 Å². The van der Waals surface area contributed by atoms with Gasteiger partial charge in [-0.15, -0.1) is 5.10 Å². The van der Waals surface area contributed by atoms with Crippen LogP contribution >= 0.6 is 0 Å². The summed E-state index contributed by atoms with van der Waals surface area (Å²) < 4.78 is 12.4. The van der Waals surface area contributed by atoms with Crippen molar-refractivity contribution in [2.45, 2.75) is 37.3 Å². The van der Waals surface area contributed by atoms with Gasteiger partial charge in [0, 0.05) is 0 Å². The first-order valence-corrected chi connectivity index (χ1v) is 5.35. The Hall–Kier alpha value is -1.06. The molecule has 2 aliphatic heterocycles. The summed E-state index contributed by atoms with van der Waals surface area (Å²) in [6.07, 6.45) is -2.98. The van der Waals surface area contributed by atoms with E-state index in [1.807, 2.05) is 0 Å². The minimum absolute atomic E-state index is 0.255. The Kier molecular flexibility index (Phi) is 2.60. The Morgan fingerprint density at radius 2 is 2.24 bits per heavy atom. The van der Waals surface area contributed by atoms with Gasteiger partial charge in [0.05, 0.1) is 25.1 Å². The first-order valence-electron chi connectivity index (χ1n) is 5.35. The summed E-state index contributed by atoms with van der Waals surface area (Å²) in [4.78, 5) is 0. The number of aliphatic hydroxyl groups excluding tert-OH is 3. The molecule has 0 bridgehead atoms. The van der Waals surface area contributed by atoms with E-state index in [0.29, 0.717) is 0 Å². The van der Waals surface area contributed by atoms with Gasteiger partial charge in [-0.25, -0.2) is 4.68 Å². The third kappa shape index (κ3) is 1.57. The Labute approximate surface area is 96.4 Å². The SMILES string of the molecule is OC[C@H]1O[C@@H]2[C@H](OCc3cnnn32)[C@@H](O)[C@H]1O. The van der Waals surface area contributed by atoms with E-state index in [4.69, 9.17) is 14.6 Å².